The average molecular weight is 319 g/mol. The SMILES string of the molecule is Nc1sc2cccc(B(O)O)c2c1I. The lowest BCUT2D eigenvalue weighted by molar-refractivity contribution is 0.426. The van der Waals surface area contributed by atoms with Crippen molar-refractivity contribution in [3.8, 4) is 0 Å². The molecule has 0 aliphatic carbocycles. The van der Waals surface area contributed by atoms with Crippen molar-refractivity contribution in [1.82, 2.24) is 0 Å². The molecule has 2 aromatic rings. The van der Waals surface area contributed by atoms with Gasteiger partial charge >= 0.3 is 7.12 Å². The molecule has 0 unspecified atom stereocenters. The van der Waals surface area contributed by atoms with Crippen LogP contribution in [0.4, 0.5) is 5.00 Å². The molecular weight excluding hydrogens is 312 g/mol. The summed E-state index contributed by atoms with van der Waals surface area (Å²) >= 11 is 3.58. The number of hydrogen-bond acceptors (Lipinski definition) is 4. The highest BCUT2D eigenvalue weighted by Crippen LogP contribution is 2.33. The Hall–Kier alpha value is -0.305. The van der Waals surface area contributed by atoms with E-state index in [1.807, 2.05) is 6.07 Å². The van der Waals surface area contributed by atoms with Crippen molar-refractivity contribution in [2.75, 3.05) is 5.73 Å². The van der Waals surface area contributed by atoms with Crippen LogP contribution in [0.1, 0.15) is 0 Å². The second kappa shape index (κ2) is 3.69. The Morgan fingerprint density at radius 3 is 2.71 bits per heavy atom. The summed E-state index contributed by atoms with van der Waals surface area (Å²) in [6.07, 6.45) is 0. The molecule has 0 spiro atoms. The Labute approximate surface area is 98.8 Å². The molecule has 0 saturated heterocycles. The lowest BCUT2D eigenvalue weighted by Crippen LogP contribution is -2.30. The molecular formula is C8H7BINO2S. The standard InChI is InChI=1S/C8H7BINO2S/c10-7-6-4(9(12)13)2-1-3-5(6)14-8(7)11/h1-3,12-13H,11H2. The lowest BCUT2D eigenvalue weighted by atomic mass is 9.78. The molecule has 4 N–H and O–H groups in total. The quantitative estimate of drug-likeness (QED) is 0.537. The molecule has 1 aromatic heterocycles. The number of benzene rings is 1. The van der Waals surface area contributed by atoms with E-state index < -0.39 is 7.12 Å². The van der Waals surface area contributed by atoms with Gasteiger partial charge in [0.05, 0.1) is 3.57 Å². The Balaban J connectivity index is 2.84. The first-order chi connectivity index (χ1) is 6.61. The number of halogens is 1. The molecule has 0 saturated carbocycles. The van der Waals surface area contributed by atoms with E-state index in [1.165, 1.54) is 11.3 Å². The van der Waals surface area contributed by atoms with E-state index in [2.05, 4.69) is 22.6 Å². The molecule has 0 radical (unpaired) electrons. The normalized spacial score (nSPS) is 10.8. The third kappa shape index (κ3) is 1.52. The summed E-state index contributed by atoms with van der Waals surface area (Å²) in [5.74, 6) is 0. The summed E-state index contributed by atoms with van der Waals surface area (Å²) in [5, 5.41) is 19.9. The third-order valence-corrected chi connectivity index (χ3v) is 4.46. The van der Waals surface area contributed by atoms with E-state index in [0.29, 0.717) is 10.5 Å². The molecule has 3 nitrogen and oxygen atoms in total. The Kier molecular flexibility index (Phi) is 2.69. The van der Waals surface area contributed by atoms with Crippen molar-refractivity contribution in [3.05, 3.63) is 21.8 Å². The molecule has 0 aliphatic heterocycles. The van der Waals surface area contributed by atoms with E-state index in [4.69, 9.17) is 5.73 Å². The van der Waals surface area contributed by atoms with Crippen molar-refractivity contribution in [2.45, 2.75) is 0 Å². The van der Waals surface area contributed by atoms with Crippen LogP contribution in [0.2, 0.25) is 0 Å². The summed E-state index contributed by atoms with van der Waals surface area (Å²) < 4.78 is 1.88. The fraction of sp³-hybridized carbons (Fsp3) is 0. The summed E-state index contributed by atoms with van der Waals surface area (Å²) in [5.41, 5.74) is 6.28. The van der Waals surface area contributed by atoms with Crippen LogP contribution in [0.15, 0.2) is 18.2 Å². The first-order valence-electron chi connectivity index (χ1n) is 3.93. The highest BCUT2D eigenvalue weighted by molar-refractivity contribution is 14.1. The molecule has 0 fully saturated rings. The fourth-order valence-corrected chi connectivity index (χ4v) is 3.38. The maximum absolute atomic E-state index is 9.17. The van der Waals surface area contributed by atoms with Crippen molar-refractivity contribution in [1.29, 1.82) is 0 Å². The Morgan fingerprint density at radius 2 is 2.07 bits per heavy atom. The monoisotopic (exact) mass is 319 g/mol. The first-order valence-corrected chi connectivity index (χ1v) is 5.83. The van der Waals surface area contributed by atoms with Crippen molar-refractivity contribution in [2.24, 2.45) is 0 Å². The van der Waals surface area contributed by atoms with Crippen LogP contribution in [0.3, 0.4) is 0 Å². The second-order valence-electron chi connectivity index (χ2n) is 2.87. The predicted molar refractivity (Wildman–Crippen MR) is 68.8 cm³/mol. The summed E-state index contributed by atoms with van der Waals surface area (Å²) in [4.78, 5) is 0. The van der Waals surface area contributed by atoms with Crippen molar-refractivity contribution >= 4 is 61.6 Å². The minimum atomic E-state index is -1.44. The number of fused-ring (bicyclic) bond motifs is 1. The van der Waals surface area contributed by atoms with Crippen molar-refractivity contribution in [3.63, 3.8) is 0 Å². The van der Waals surface area contributed by atoms with Crippen LogP contribution in [0.25, 0.3) is 10.1 Å². The summed E-state index contributed by atoms with van der Waals surface area (Å²) in [7, 11) is -1.44. The number of nitrogens with two attached hydrogens (primary N) is 1. The minimum Gasteiger partial charge on any atom is -0.423 e. The molecule has 1 aromatic carbocycles. The van der Waals surface area contributed by atoms with Gasteiger partial charge in [-0.05, 0) is 34.1 Å². The number of thiophene rings is 1. The molecule has 0 amide bonds. The van der Waals surface area contributed by atoms with Crippen LogP contribution in [0, 0.1) is 3.57 Å². The van der Waals surface area contributed by atoms with E-state index >= 15 is 0 Å². The van der Waals surface area contributed by atoms with Gasteiger partial charge in [0.2, 0.25) is 0 Å². The highest BCUT2D eigenvalue weighted by atomic mass is 127. The molecule has 1 heterocycles. The molecule has 0 bridgehead atoms. The van der Waals surface area contributed by atoms with Crippen LogP contribution < -0.4 is 11.2 Å². The number of rotatable bonds is 1. The molecule has 6 heteroatoms. The van der Waals surface area contributed by atoms with Gasteiger partial charge < -0.3 is 15.8 Å². The van der Waals surface area contributed by atoms with Gasteiger partial charge in [0.1, 0.15) is 5.00 Å². The second-order valence-corrected chi connectivity index (χ2v) is 5.04. The largest absolute Gasteiger partial charge is 0.489 e. The molecule has 72 valence electrons. The van der Waals surface area contributed by atoms with Gasteiger partial charge in [0, 0.05) is 10.1 Å². The zero-order valence-corrected chi connectivity index (χ0v) is 10.0. The topological polar surface area (TPSA) is 66.5 Å². The molecule has 2 rings (SSSR count). The molecule has 14 heavy (non-hydrogen) atoms. The molecule has 0 aliphatic rings. The van der Waals surface area contributed by atoms with Crippen molar-refractivity contribution < 1.29 is 10.0 Å². The molecule has 0 atom stereocenters. The maximum Gasteiger partial charge on any atom is 0.489 e. The fourth-order valence-electron chi connectivity index (χ4n) is 1.37. The van der Waals surface area contributed by atoms with Crippen LogP contribution in [-0.2, 0) is 0 Å². The van der Waals surface area contributed by atoms with E-state index in [1.54, 1.807) is 12.1 Å². The number of nitrogen functional groups attached to an aromatic ring is 1. The van der Waals surface area contributed by atoms with Gasteiger partial charge in [0.25, 0.3) is 0 Å². The van der Waals surface area contributed by atoms with Crippen LogP contribution >= 0.6 is 33.9 Å². The Morgan fingerprint density at radius 1 is 1.36 bits per heavy atom. The first kappa shape index (κ1) is 10.2. The van der Waals surface area contributed by atoms with Gasteiger partial charge in [-0.2, -0.15) is 0 Å². The summed E-state index contributed by atoms with van der Waals surface area (Å²) in [6.45, 7) is 0. The average Bonchev–Trinajstić information content (AvgIpc) is 2.43. The van der Waals surface area contributed by atoms with Gasteiger partial charge in [0.15, 0.2) is 0 Å². The number of hydrogen-bond donors (Lipinski definition) is 3. The van der Waals surface area contributed by atoms with E-state index in [0.717, 1.165) is 13.7 Å². The maximum atomic E-state index is 9.17. The smallest absolute Gasteiger partial charge is 0.423 e. The third-order valence-electron chi connectivity index (χ3n) is 1.99. The van der Waals surface area contributed by atoms with Crippen LogP contribution in [0.5, 0.6) is 0 Å². The minimum absolute atomic E-state index is 0.514. The van der Waals surface area contributed by atoms with E-state index in [-0.39, 0.29) is 0 Å². The Bertz CT molecular complexity index is 485. The zero-order chi connectivity index (χ0) is 10.3. The van der Waals surface area contributed by atoms with Gasteiger partial charge in [-0.3, -0.25) is 0 Å². The zero-order valence-electron chi connectivity index (χ0n) is 7.07. The highest BCUT2D eigenvalue weighted by Gasteiger charge is 2.18. The van der Waals surface area contributed by atoms with Gasteiger partial charge in [-0.1, -0.05) is 12.1 Å². The number of anilines is 1. The lowest BCUT2D eigenvalue weighted by Gasteiger charge is -2.01. The van der Waals surface area contributed by atoms with E-state index in [9.17, 15) is 10.0 Å². The van der Waals surface area contributed by atoms with Gasteiger partial charge in [-0.25, -0.2) is 0 Å². The van der Waals surface area contributed by atoms with Crippen LogP contribution in [-0.4, -0.2) is 17.2 Å². The summed E-state index contributed by atoms with van der Waals surface area (Å²) in [6, 6.07) is 5.41. The predicted octanol–water partition coefficient (Wildman–Crippen LogP) is 0.768. The van der Waals surface area contributed by atoms with Gasteiger partial charge in [-0.15, -0.1) is 11.3 Å².